The van der Waals surface area contributed by atoms with Crippen LogP contribution < -0.4 is 0 Å². The molecule has 0 aliphatic heterocycles. The molecule has 1 N–H and O–H groups in total. The Kier molecular flexibility index (Phi) is 4.54. The number of aldehydes is 1. The molecule has 3 unspecified atom stereocenters. The number of carbonyl (C=O) groups excluding carboxylic acids is 2. The fourth-order valence-corrected chi connectivity index (χ4v) is 7.51. The Morgan fingerprint density at radius 3 is 2.64 bits per heavy atom. The number of esters is 1. The lowest BCUT2D eigenvalue weighted by Gasteiger charge is -2.59. The number of rotatable bonds is 2. The zero-order valence-electron chi connectivity index (χ0n) is 17.2. The van der Waals surface area contributed by atoms with Crippen molar-refractivity contribution in [2.45, 2.75) is 77.4 Å². The molecule has 0 spiro atoms. The molecule has 4 aliphatic rings. The molecule has 4 nitrogen and oxygen atoms in total. The third kappa shape index (κ3) is 2.48. The summed E-state index contributed by atoms with van der Waals surface area (Å²) in [5.41, 5.74) is -0.580. The van der Waals surface area contributed by atoms with Gasteiger partial charge in [0.05, 0.1) is 5.41 Å². The predicted molar refractivity (Wildman–Crippen MR) is 106 cm³/mol. The molecule has 0 aromatic carbocycles. The Bertz CT molecular complexity index is 763. The molecule has 3 saturated carbocycles. The van der Waals surface area contributed by atoms with Crippen molar-refractivity contribution >= 4 is 12.3 Å². The number of allylic oxidation sites excluding steroid dienone is 1. The molecule has 0 radical (unpaired) electrons. The van der Waals surface area contributed by atoms with Crippen molar-refractivity contribution in [3.63, 3.8) is 0 Å². The lowest BCUT2D eigenvalue weighted by Crippen LogP contribution is -2.57. The van der Waals surface area contributed by atoms with Crippen molar-refractivity contribution in [3.8, 4) is 12.3 Å². The van der Waals surface area contributed by atoms with Crippen molar-refractivity contribution in [2.24, 2.45) is 34.5 Å². The zero-order chi connectivity index (χ0) is 20.3. The molecule has 8 atom stereocenters. The Hall–Kier alpha value is -1.60. The minimum atomic E-state index is -1.03. The van der Waals surface area contributed by atoms with Crippen LogP contribution in [0.4, 0.5) is 0 Å². The van der Waals surface area contributed by atoms with E-state index in [0.29, 0.717) is 30.6 Å². The first-order valence-corrected chi connectivity index (χ1v) is 10.8. The van der Waals surface area contributed by atoms with Crippen LogP contribution in [0.25, 0.3) is 0 Å². The van der Waals surface area contributed by atoms with Crippen LogP contribution in [0.3, 0.4) is 0 Å². The third-order valence-electron chi connectivity index (χ3n) is 8.92. The largest absolute Gasteiger partial charge is 0.462 e. The SMILES string of the molecule is C#CC1(O)CC[C@H]2[C@@H]3C(C)C=C4CC(OC(C)=O)CC[C@]4(C=O)[C@@H]3CC[C@@]21C. The fourth-order valence-electron chi connectivity index (χ4n) is 7.51. The Morgan fingerprint density at radius 1 is 1.29 bits per heavy atom. The summed E-state index contributed by atoms with van der Waals surface area (Å²) < 4.78 is 5.48. The van der Waals surface area contributed by atoms with E-state index in [9.17, 15) is 14.7 Å². The molecule has 4 rings (SSSR count). The van der Waals surface area contributed by atoms with Crippen LogP contribution in [0, 0.1) is 46.8 Å². The van der Waals surface area contributed by atoms with E-state index in [0.717, 1.165) is 32.1 Å². The summed E-state index contributed by atoms with van der Waals surface area (Å²) in [5, 5.41) is 11.1. The minimum absolute atomic E-state index is 0.118. The van der Waals surface area contributed by atoms with Crippen LogP contribution in [-0.2, 0) is 14.3 Å². The zero-order valence-corrected chi connectivity index (χ0v) is 17.2. The Balaban J connectivity index is 1.71. The number of hydrogen-bond acceptors (Lipinski definition) is 4. The summed E-state index contributed by atoms with van der Waals surface area (Å²) in [6, 6.07) is 0. The molecule has 152 valence electrons. The van der Waals surface area contributed by atoms with Crippen LogP contribution in [0.5, 0.6) is 0 Å². The van der Waals surface area contributed by atoms with Gasteiger partial charge in [0.1, 0.15) is 18.0 Å². The average Bonchev–Trinajstić information content (AvgIpc) is 2.93. The number of terminal acetylenes is 1. The van der Waals surface area contributed by atoms with Gasteiger partial charge < -0.3 is 14.6 Å². The summed E-state index contributed by atoms with van der Waals surface area (Å²) in [4.78, 5) is 23.9. The van der Waals surface area contributed by atoms with Gasteiger partial charge in [-0.15, -0.1) is 6.42 Å². The fraction of sp³-hybridized carbons (Fsp3) is 0.750. The highest BCUT2D eigenvalue weighted by molar-refractivity contribution is 5.69. The highest BCUT2D eigenvalue weighted by Gasteiger charge is 2.65. The number of aliphatic hydroxyl groups is 1. The number of hydrogen-bond donors (Lipinski definition) is 1. The van der Waals surface area contributed by atoms with Gasteiger partial charge in [-0.1, -0.05) is 31.4 Å². The van der Waals surface area contributed by atoms with Gasteiger partial charge in [0.2, 0.25) is 0 Å². The molecule has 0 saturated heterocycles. The normalized spacial score (nSPS) is 49.7. The van der Waals surface area contributed by atoms with Crippen LogP contribution >= 0.6 is 0 Å². The first-order chi connectivity index (χ1) is 13.2. The summed E-state index contributed by atoms with van der Waals surface area (Å²) in [6.07, 6.45) is 14.6. The Morgan fingerprint density at radius 2 is 2.00 bits per heavy atom. The van der Waals surface area contributed by atoms with E-state index < -0.39 is 11.0 Å². The summed E-state index contributed by atoms with van der Waals surface area (Å²) in [7, 11) is 0. The molecule has 28 heavy (non-hydrogen) atoms. The average molecular weight is 385 g/mol. The standard InChI is InChI=1S/C24H32O4/c1-5-24(27)11-8-19-21-15(2)12-17-13-18(28-16(3)26)6-10-23(17,14-25)20(21)7-9-22(19,24)4/h1,12,14-15,18-21,27H,6-11,13H2,2-4H3/t15?,18?,19-,20+,21-,22-,23+,24?/m0/s1. The summed E-state index contributed by atoms with van der Waals surface area (Å²) >= 11 is 0. The maximum Gasteiger partial charge on any atom is 0.302 e. The molecular formula is C24H32O4. The summed E-state index contributed by atoms with van der Waals surface area (Å²) in [6.45, 7) is 5.86. The molecule has 4 heteroatoms. The molecule has 0 aromatic heterocycles. The highest BCUT2D eigenvalue weighted by Crippen LogP contribution is 2.67. The molecule has 0 aromatic rings. The van der Waals surface area contributed by atoms with E-state index in [4.69, 9.17) is 11.2 Å². The van der Waals surface area contributed by atoms with Crippen molar-refractivity contribution < 1.29 is 19.4 Å². The van der Waals surface area contributed by atoms with Gasteiger partial charge in [0, 0.05) is 18.8 Å². The van der Waals surface area contributed by atoms with Gasteiger partial charge in [-0.05, 0) is 62.2 Å². The van der Waals surface area contributed by atoms with Gasteiger partial charge in [0.15, 0.2) is 0 Å². The van der Waals surface area contributed by atoms with Crippen molar-refractivity contribution in [3.05, 3.63) is 11.6 Å². The quantitative estimate of drug-likeness (QED) is 0.341. The van der Waals surface area contributed by atoms with Crippen LogP contribution in [0.1, 0.15) is 65.7 Å². The predicted octanol–water partition coefficient (Wildman–Crippen LogP) is 3.67. The van der Waals surface area contributed by atoms with Gasteiger partial charge >= 0.3 is 5.97 Å². The van der Waals surface area contributed by atoms with E-state index in [1.165, 1.54) is 18.8 Å². The maximum atomic E-state index is 12.5. The van der Waals surface area contributed by atoms with Crippen molar-refractivity contribution in [1.29, 1.82) is 0 Å². The van der Waals surface area contributed by atoms with E-state index >= 15 is 0 Å². The second kappa shape index (κ2) is 6.46. The molecule has 0 heterocycles. The lowest BCUT2D eigenvalue weighted by atomic mass is 9.45. The second-order valence-electron chi connectivity index (χ2n) is 9.97. The van der Waals surface area contributed by atoms with E-state index in [1.54, 1.807) is 0 Å². The molecule has 3 fully saturated rings. The van der Waals surface area contributed by atoms with Gasteiger partial charge in [0.25, 0.3) is 0 Å². The van der Waals surface area contributed by atoms with Crippen LogP contribution in [0.15, 0.2) is 11.6 Å². The van der Waals surface area contributed by atoms with E-state index in [1.807, 2.05) is 0 Å². The smallest absolute Gasteiger partial charge is 0.302 e. The molecule has 4 aliphatic carbocycles. The first-order valence-electron chi connectivity index (χ1n) is 10.8. The van der Waals surface area contributed by atoms with Crippen molar-refractivity contribution in [1.82, 2.24) is 0 Å². The number of ether oxygens (including phenoxy) is 1. The Labute approximate surface area is 168 Å². The first kappa shape index (κ1) is 19.7. The highest BCUT2D eigenvalue weighted by atomic mass is 16.5. The summed E-state index contributed by atoms with van der Waals surface area (Å²) in [5.74, 6) is 3.78. The monoisotopic (exact) mass is 384 g/mol. The lowest BCUT2D eigenvalue weighted by molar-refractivity contribution is -0.150. The van der Waals surface area contributed by atoms with Gasteiger partial charge in [-0.25, -0.2) is 0 Å². The third-order valence-corrected chi connectivity index (χ3v) is 8.92. The molecular weight excluding hydrogens is 352 g/mol. The number of fused-ring (bicyclic) bond motifs is 5. The number of carbonyl (C=O) groups is 2. The van der Waals surface area contributed by atoms with Crippen LogP contribution in [0.2, 0.25) is 0 Å². The van der Waals surface area contributed by atoms with Gasteiger partial charge in [-0.2, -0.15) is 0 Å². The van der Waals surface area contributed by atoms with E-state index in [-0.39, 0.29) is 23.4 Å². The van der Waals surface area contributed by atoms with Crippen molar-refractivity contribution in [2.75, 3.05) is 0 Å². The van der Waals surface area contributed by atoms with Gasteiger partial charge in [-0.3, -0.25) is 4.79 Å². The molecule has 0 amide bonds. The van der Waals surface area contributed by atoms with Crippen LogP contribution in [-0.4, -0.2) is 29.1 Å². The van der Waals surface area contributed by atoms with E-state index in [2.05, 4.69) is 25.8 Å². The minimum Gasteiger partial charge on any atom is -0.462 e. The molecule has 0 bridgehead atoms. The second-order valence-corrected chi connectivity index (χ2v) is 9.97. The maximum absolute atomic E-state index is 12.5. The topological polar surface area (TPSA) is 63.6 Å².